The number of rotatable bonds is 10. The van der Waals surface area contributed by atoms with Crippen molar-refractivity contribution in [3.63, 3.8) is 0 Å². The highest BCUT2D eigenvalue weighted by molar-refractivity contribution is 5.81. The topological polar surface area (TPSA) is 74.5 Å². The summed E-state index contributed by atoms with van der Waals surface area (Å²) >= 11 is 0. The summed E-state index contributed by atoms with van der Waals surface area (Å²) in [4.78, 5) is 22.9. The third-order valence-corrected chi connectivity index (χ3v) is 3.83. The minimum atomic E-state index is 0.167. The first kappa shape index (κ1) is 21.0. The molecule has 7 heteroatoms. The summed E-state index contributed by atoms with van der Waals surface area (Å²) < 4.78 is 2.14. The first-order valence-corrected chi connectivity index (χ1v) is 9.31. The Bertz CT molecular complexity index is 533. The molecule has 25 heavy (non-hydrogen) atoms. The number of carbonyl (C=O) groups is 1. The fourth-order valence-corrected chi connectivity index (χ4v) is 2.57. The molecule has 1 aromatic rings. The molecule has 2 N–H and O–H groups in total. The van der Waals surface area contributed by atoms with Gasteiger partial charge in [0.05, 0.1) is 0 Å². The molecular formula is C18H34N6O. The summed E-state index contributed by atoms with van der Waals surface area (Å²) in [5.41, 5.74) is 0. The molecule has 0 aliphatic heterocycles. The fourth-order valence-electron chi connectivity index (χ4n) is 2.57. The highest BCUT2D eigenvalue weighted by Crippen LogP contribution is 2.04. The van der Waals surface area contributed by atoms with E-state index in [-0.39, 0.29) is 5.91 Å². The molecule has 0 fully saturated rings. The maximum absolute atomic E-state index is 12.0. The summed E-state index contributed by atoms with van der Waals surface area (Å²) in [5, 5.41) is 6.44. The average Bonchev–Trinajstić information content (AvgIpc) is 3.00. The van der Waals surface area contributed by atoms with Crippen molar-refractivity contribution in [3.05, 3.63) is 18.2 Å². The Morgan fingerprint density at radius 2 is 2.00 bits per heavy atom. The first-order chi connectivity index (χ1) is 12.0. The lowest BCUT2D eigenvalue weighted by Crippen LogP contribution is -2.40. The number of hydrogen-bond acceptors (Lipinski definition) is 3. The SMILES string of the molecule is CCNC(=NCc1nccn1CC(C)C)NCCC(=O)N(CC)CC. The molecule has 1 heterocycles. The zero-order valence-corrected chi connectivity index (χ0v) is 16.4. The Labute approximate surface area is 151 Å². The van der Waals surface area contributed by atoms with Crippen LogP contribution >= 0.6 is 0 Å². The Morgan fingerprint density at radius 3 is 2.60 bits per heavy atom. The summed E-state index contributed by atoms with van der Waals surface area (Å²) in [6.45, 7) is 14.7. The van der Waals surface area contributed by atoms with Crippen molar-refractivity contribution in [1.82, 2.24) is 25.1 Å². The van der Waals surface area contributed by atoms with E-state index in [2.05, 4.69) is 39.0 Å². The molecule has 0 aliphatic carbocycles. The molecule has 0 atom stereocenters. The van der Waals surface area contributed by atoms with Crippen LogP contribution in [-0.4, -0.2) is 52.5 Å². The highest BCUT2D eigenvalue weighted by atomic mass is 16.2. The van der Waals surface area contributed by atoms with Gasteiger partial charge in [0.25, 0.3) is 0 Å². The predicted molar refractivity (Wildman–Crippen MR) is 102 cm³/mol. The van der Waals surface area contributed by atoms with Crippen LogP contribution in [0.2, 0.25) is 0 Å². The molecule has 0 spiro atoms. The molecule has 0 radical (unpaired) electrons. The van der Waals surface area contributed by atoms with E-state index in [1.165, 1.54) is 0 Å². The number of carbonyl (C=O) groups excluding carboxylic acids is 1. The molecule has 0 unspecified atom stereocenters. The Balaban J connectivity index is 2.57. The molecule has 0 bridgehead atoms. The predicted octanol–water partition coefficient (Wildman–Crippen LogP) is 1.85. The van der Waals surface area contributed by atoms with Gasteiger partial charge in [-0.15, -0.1) is 0 Å². The van der Waals surface area contributed by atoms with E-state index in [4.69, 9.17) is 0 Å². The quantitative estimate of drug-likeness (QED) is 0.499. The second kappa shape index (κ2) is 11.5. The van der Waals surface area contributed by atoms with Gasteiger partial charge in [0, 0.05) is 51.5 Å². The summed E-state index contributed by atoms with van der Waals surface area (Å²) in [5.74, 6) is 2.40. The number of aliphatic imine (C=N–C) groups is 1. The van der Waals surface area contributed by atoms with E-state index in [0.717, 1.165) is 32.0 Å². The van der Waals surface area contributed by atoms with Crippen molar-refractivity contribution >= 4 is 11.9 Å². The van der Waals surface area contributed by atoms with Gasteiger partial charge in [-0.2, -0.15) is 0 Å². The summed E-state index contributed by atoms with van der Waals surface area (Å²) in [7, 11) is 0. The third-order valence-electron chi connectivity index (χ3n) is 3.83. The van der Waals surface area contributed by atoms with E-state index < -0.39 is 0 Å². The van der Waals surface area contributed by atoms with Crippen LogP contribution in [0.1, 0.15) is 46.9 Å². The van der Waals surface area contributed by atoms with Gasteiger partial charge in [0.2, 0.25) is 5.91 Å². The summed E-state index contributed by atoms with van der Waals surface area (Å²) in [6.07, 6.45) is 4.28. The van der Waals surface area contributed by atoms with Crippen LogP contribution in [0.3, 0.4) is 0 Å². The third kappa shape index (κ3) is 7.58. The van der Waals surface area contributed by atoms with Crippen molar-refractivity contribution < 1.29 is 4.79 Å². The lowest BCUT2D eigenvalue weighted by atomic mass is 10.2. The number of nitrogens with one attached hydrogen (secondary N) is 2. The van der Waals surface area contributed by atoms with Gasteiger partial charge in [-0.3, -0.25) is 4.79 Å². The maximum atomic E-state index is 12.0. The smallest absolute Gasteiger partial charge is 0.224 e. The number of nitrogens with zero attached hydrogens (tertiary/aromatic N) is 4. The first-order valence-electron chi connectivity index (χ1n) is 9.31. The van der Waals surface area contributed by atoms with E-state index in [1.54, 1.807) is 0 Å². The van der Waals surface area contributed by atoms with Crippen LogP contribution in [0.5, 0.6) is 0 Å². The number of imidazole rings is 1. The fraction of sp³-hybridized carbons (Fsp3) is 0.722. The normalized spacial score (nSPS) is 11.7. The van der Waals surface area contributed by atoms with Gasteiger partial charge in [0.1, 0.15) is 12.4 Å². The Hall–Kier alpha value is -2.05. The van der Waals surface area contributed by atoms with Gasteiger partial charge in [-0.1, -0.05) is 13.8 Å². The molecule has 1 amide bonds. The molecule has 1 rings (SSSR count). The largest absolute Gasteiger partial charge is 0.357 e. The van der Waals surface area contributed by atoms with E-state index >= 15 is 0 Å². The summed E-state index contributed by atoms with van der Waals surface area (Å²) in [6, 6.07) is 0. The van der Waals surface area contributed by atoms with Crippen LogP contribution in [0.4, 0.5) is 0 Å². The van der Waals surface area contributed by atoms with Crippen LogP contribution in [0.25, 0.3) is 0 Å². The van der Waals surface area contributed by atoms with E-state index in [1.807, 2.05) is 38.1 Å². The van der Waals surface area contributed by atoms with Crippen LogP contribution < -0.4 is 10.6 Å². The number of hydrogen-bond donors (Lipinski definition) is 2. The lowest BCUT2D eigenvalue weighted by molar-refractivity contribution is -0.130. The second-order valence-corrected chi connectivity index (χ2v) is 6.33. The average molecular weight is 351 g/mol. The van der Waals surface area contributed by atoms with Crippen molar-refractivity contribution in [2.75, 3.05) is 26.2 Å². The van der Waals surface area contributed by atoms with Gasteiger partial charge in [-0.25, -0.2) is 9.98 Å². The molecule has 142 valence electrons. The zero-order chi connectivity index (χ0) is 18.7. The van der Waals surface area contributed by atoms with E-state index in [0.29, 0.717) is 31.4 Å². The lowest BCUT2D eigenvalue weighted by Gasteiger charge is -2.19. The highest BCUT2D eigenvalue weighted by Gasteiger charge is 2.09. The monoisotopic (exact) mass is 350 g/mol. The standard InChI is InChI=1S/C18H34N6O/c1-6-19-18(21-10-9-17(25)23(7-2)8-3)22-13-16-20-11-12-24(16)14-15(4)5/h11-12,15H,6-10,13-14H2,1-5H3,(H2,19,21,22). The van der Waals surface area contributed by atoms with Crippen LogP contribution in [-0.2, 0) is 17.9 Å². The molecular weight excluding hydrogens is 316 g/mol. The Kier molecular flexibility index (Phi) is 9.65. The number of guanidine groups is 1. The molecule has 7 nitrogen and oxygen atoms in total. The van der Waals surface area contributed by atoms with Gasteiger partial charge >= 0.3 is 0 Å². The minimum Gasteiger partial charge on any atom is -0.357 e. The van der Waals surface area contributed by atoms with Gasteiger partial charge in [-0.05, 0) is 26.7 Å². The second-order valence-electron chi connectivity index (χ2n) is 6.33. The number of aromatic nitrogens is 2. The molecule has 1 aromatic heterocycles. The minimum absolute atomic E-state index is 0.167. The van der Waals surface area contributed by atoms with Crippen molar-refractivity contribution in [2.45, 2.75) is 54.1 Å². The van der Waals surface area contributed by atoms with Crippen LogP contribution in [0.15, 0.2) is 17.4 Å². The zero-order valence-electron chi connectivity index (χ0n) is 16.4. The van der Waals surface area contributed by atoms with Crippen LogP contribution in [0, 0.1) is 5.92 Å². The maximum Gasteiger partial charge on any atom is 0.224 e. The molecule has 0 saturated heterocycles. The van der Waals surface area contributed by atoms with E-state index in [9.17, 15) is 4.79 Å². The van der Waals surface area contributed by atoms with Crippen molar-refractivity contribution in [1.29, 1.82) is 0 Å². The number of amides is 1. The molecule has 0 aromatic carbocycles. The Morgan fingerprint density at radius 1 is 1.28 bits per heavy atom. The van der Waals surface area contributed by atoms with Crippen molar-refractivity contribution in [2.24, 2.45) is 10.9 Å². The van der Waals surface area contributed by atoms with Gasteiger partial charge in [0.15, 0.2) is 5.96 Å². The molecule has 0 saturated carbocycles. The molecule has 0 aliphatic rings. The van der Waals surface area contributed by atoms with Gasteiger partial charge < -0.3 is 20.1 Å². The van der Waals surface area contributed by atoms with Crippen molar-refractivity contribution in [3.8, 4) is 0 Å².